The van der Waals surface area contributed by atoms with Gasteiger partial charge in [-0.2, -0.15) is 5.10 Å². The summed E-state index contributed by atoms with van der Waals surface area (Å²) in [5, 5.41) is 12.8. The Balaban J connectivity index is 1.68. The van der Waals surface area contributed by atoms with Crippen LogP contribution >= 0.6 is 0 Å². The normalized spacial score (nSPS) is 19.0. The first-order chi connectivity index (χ1) is 10.7. The molecule has 0 aliphatic carbocycles. The molecule has 7 heteroatoms. The van der Waals surface area contributed by atoms with Crippen LogP contribution in [0.5, 0.6) is 0 Å². The van der Waals surface area contributed by atoms with Crippen LogP contribution in [0.25, 0.3) is 5.52 Å². The van der Waals surface area contributed by atoms with Gasteiger partial charge in [-0.25, -0.2) is 9.50 Å². The zero-order chi connectivity index (χ0) is 15.1. The summed E-state index contributed by atoms with van der Waals surface area (Å²) in [5.41, 5.74) is 2.08. The Morgan fingerprint density at radius 1 is 1.32 bits per heavy atom. The first-order valence-corrected chi connectivity index (χ1v) is 7.62. The summed E-state index contributed by atoms with van der Waals surface area (Å²) < 4.78 is 3.93. The average molecular weight is 297 g/mol. The summed E-state index contributed by atoms with van der Waals surface area (Å²) >= 11 is 0. The van der Waals surface area contributed by atoms with Crippen LogP contribution in [-0.2, 0) is 7.05 Å². The van der Waals surface area contributed by atoms with E-state index in [0.29, 0.717) is 5.92 Å². The van der Waals surface area contributed by atoms with E-state index in [1.165, 1.54) is 0 Å². The molecule has 4 heterocycles. The molecular formula is C15H19N7. The van der Waals surface area contributed by atoms with Crippen molar-refractivity contribution in [2.45, 2.75) is 25.7 Å². The number of hydrogen-bond donors (Lipinski definition) is 0. The second-order valence-corrected chi connectivity index (χ2v) is 5.95. The molecule has 1 unspecified atom stereocenters. The van der Waals surface area contributed by atoms with Crippen LogP contribution in [0, 0.1) is 6.92 Å². The molecule has 1 atom stereocenters. The van der Waals surface area contributed by atoms with Gasteiger partial charge in [-0.15, -0.1) is 10.2 Å². The second kappa shape index (κ2) is 5.08. The van der Waals surface area contributed by atoms with Crippen molar-refractivity contribution < 1.29 is 0 Å². The Morgan fingerprint density at radius 2 is 2.23 bits per heavy atom. The third-order valence-corrected chi connectivity index (χ3v) is 4.32. The number of anilines is 1. The average Bonchev–Trinajstić information content (AvgIpc) is 3.11. The van der Waals surface area contributed by atoms with Crippen molar-refractivity contribution in [3.8, 4) is 0 Å². The van der Waals surface area contributed by atoms with Crippen LogP contribution in [0.1, 0.15) is 30.3 Å². The largest absolute Gasteiger partial charge is 0.354 e. The SMILES string of the molecule is Cc1cc2c(N3CCCC(c4nncn4C)C3)nccn2n1. The van der Waals surface area contributed by atoms with Gasteiger partial charge in [0.05, 0.1) is 5.69 Å². The highest BCUT2D eigenvalue weighted by Gasteiger charge is 2.26. The molecule has 22 heavy (non-hydrogen) atoms. The third kappa shape index (κ3) is 2.13. The van der Waals surface area contributed by atoms with Crippen molar-refractivity contribution in [3.63, 3.8) is 0 Å². The molecule has 4 rings (SSSR count). The minimum atomic E-state index is 0.396. The van der Waals surface area contributed by atoms with E-state index < -0.39 is 0 Å². The van der Waals surface area contributed by atoms with Gasteiger partial charge in [-0.3, -0.25) is 0 Å². The quantitative estimate of drug-likeness (QED) is 0.718. The molecule has 0 aromatic carbocycles. The molecule has 3 aromatic heterocycles. The van der Waals surface area contributed by atoms with E-state index in [2.05, 4.69) is 31.2 Å². The van der Waals surface area contributed by atoms with Gasteiger partial charge >= 0.3 is 0 Å². The van der Waals surface area contributed by atoms with Crippen molar-refractivity contribution in [1.82, 2.24) is 29.4 Å². The lowest BCUT2D eigenvalue weighted by molar-refractivity contribution is 0.478. The smallest absolute Gasteiger partial charge is 0.154 e. The third-order valence-electron chi connectivity index (χ3n) is 4.32. The lowest BCUT2D eigenvalue weighted by Crippen LogP contribution is -2.36. The minimum Gasteiger partial charge on any atom is -0.354 e. The maximum atomic E-state index is 4.60. The highest BCUT2D eigenvalue weighted by atomic mass is 15.3. The highest BCUT2D eigenvalue weighted by Crippen LogP contribution is 2.29. The van der Waals surface area contributed by atoms with E-state index in [1.54, 1.807) is 6.33 Å². The molecule has 0 N–H and O–H groups in total. The molecule has 1 saturated heterocycles. The predicted octanol–water partition coefficient (Wildman–Crippen LogP) is 1.55. The van der Waals surface area contributed by atoms with E-state index in [-0.39, 0.29) is 0 Å². The van der Waals surface area contributed by atoms with Crippen molar-refractivity contribution in [2.75, 3.05) is 18.0 Å². The molecular weight excluding hydrogens is 278 g/mol. The maximum Gasteiger partial charge on any atom is 0.154 e. The Morgan fingerprint density at radius 3 is 3.05 bits per heavy atom. The summed E-state index contributed by atoms with van der Waals surface area (Å²) in [4.78, 5) is 6.95. The number of piperidine rings is 1. The minimum absolute atomic E-state index is 0.396. The Labute approximate surface area is 128 Å². The van der Waals surface area contributed by atoms with E-state index in [1.807, 2.05) is 35.4 Å². The van der Waals surface area contributed by atoms with Gasteiger partial charge < -0.3 is 9.47 Å². The number of fused-ring (bicyclic) bond motifs is 1. The Kier molecular flexibility index (Phi) is 3.06. The number of hydrogen-bond acceptors (Lipinski definition) is 5. The van der Waals surface area contributed by atoms with Crippen LogP contribution in [0.2, 0.25) is 0 Å². The maximum absolute atomic E-state index is 4.60. The van der Waals surface area contributed by atoms with E-state index in [9.17, 15) is 0 Å². The summed E-state index contributed by atoms with van der Waals surface area (Å²) in [5.74, 6) is 2.46. The van der Waals surface area contributed by atoms with Crippen molar-refractivity contribution >= 4 is 11.3 Å². The number of aromatic nitrogens is 6. The van der Waals surface area contributed by atoms with Gasteiger partial charge in [-0.1, -0.05) is 0 Å². The molecule has 1 fully saturated rings. The zero-order valence-corrected chi connectivity index (χ0v) is 12.8. The highest BCUT2D eigenvalue weighted by molar-refractivity contribution is 5.69. The Hall–Kier alpha value is -2.44. The number of aryl methyl sites for hydroxylation is 2. The summed E-state index contributed by atoms with van der Waals surface area (Å²) in [7, 11) is 2.01. The Bertz CT molecular complexity index is 803. The van der Waals surface area contributed by atoms with Crippen LogP contribution in [0.4, 0.5) is 5.82 Å². The first kappa shape index (κ1) is 13.2. The van der Waals surface area contributed by atoms with Crippen molar-refractivity contribution in [3.05, 3.63) is 36.3 Å². The van der Waals surface area contributed by atoms with Gasteiger partial charge in [0, 0.05) is 38.4 Å². The summed E-state index contributed by atoms with van der Waals surface area (Å²) in [6, 6.07) is 2.09. The van der Waals surface area contributed by atoms with Gasteiger partial charge in [0.15, 0.2) is 5.82 Å². The molecule has 3 aromatic rings. The molecule has 7 nitrogen and oxygen atoms in total. The van der Waals surface area contributed by atoms with Gasteiger partial charge in [0.25, 0.3) is 0 Å². The topological polar surface area (TPSA) is 64.1 Å². The predicted molar refractivity (Wildman–Crippen MR) is 82.9 cm³/mol. The fraction of sp³-hybridized carbons (Fsp3) is 0.467. The molecule has 1 aliphatic rings. The zero-order valence-electron chi connectivity index (χ0n) is 12.8. The molecule has 0 spiro atoms. The summed E-state index contributed by atoms with van der Waals surface area (Å²) in [6.45, 7) is 3.95. The number of nitrogens with zero attached hydrogens (tertiary/aromatic N) is 7. The van der Waals surface area contributed by atoms with Gasteiger partial charge in [-0.05, 0) is 25.8 Å². The van der Waals surface area contributed by atoms with E-state index >= 15 is 0 Å². The monoisotopic (exact) mass is 297 g/mol. The van der Waals surface area contributed by atoms with Crippen LogP contribution in [0.15, 0.2) is 24.8 Å². The fourth-order valence-corrected chi connectivity index (χ4v) is 3.32. The number of rotatable bonds is 2. The van der Waals surface area contributed by atoms with Crippen molar-refractivity contribution in [2.24, 2.45) is 7.05 Å². The van der Waals surface area contributed by atoms with E-state index in [4.69, 9.17) is 0 Å². The van der Waals surface area contributed by atoms with Crippen LogP contribution in [-0.4, -0.2) is 42.5 Å². The lowest BCUT2D eigenvalue weighted by atomic mass is 9.97. The molecule has 1 aliphatic heterocycles. The van der Waals surface area contributed by atoms with Crippen LogP contribution < -0.4 is 4.90 Å². The fourth-order valence-electron chi connectivity index (χ4n) is 3.32. The van der Waals surface area contributed by atoms with Crippen LogP contribution in [0.3, 0.4) is 0 Å². The van der Waals surface area contributed by atoms with Gasteiger partial charge in [0.1, 0.15) is 17.7 Å². The summed E-state index contributed by atoms with van der Waals surface area (Å²) in [6.07, 6.45) is 7.77. The van der Waals surface area contributed by atoms with Gasteiger partial charge in [0.2, 0.25) is 0 Å². The molecule has 114 valence electrons. The van der Waals surface area contributed by atoms with E-state index in [0.717, 1.165) is 48.8 Å². The molecule has 0 radical (unpaired) electrons. The second-order valence-electron chi connectivity index (χ2n) is 5.95. The standard InChI is InChI=1S/C15H19N7/c1-11-8-13-15(16-5-7-22(13)19-11)21-6-3-4-12(9-21)14-18-17-10-20(14)2/h5,7-8,10,12H,3-4,6,9H2,1-2H3. The molecule has 0 saturated carbocycles. The lowest BCUT2D eigenvalue weighted by Gasteiger charge is -2.33. The molecule has 0 bridgehead atoms. The first-order valence-electron chi connectivity index (χ1n) is 7.62. The van der Waals surface area contributed by atoms with Crippen molar-refractivity contribution in [1.29, 1.82) is 0 Å². The molecule has 0 amide bonds.